The van der Waals surface area contributed by atoms with Gasteiger partial charge in [0.05, 0.1) is 0 Å². The molecular weight excluding hydrogens is 422 g/mol. The predicted octanol–water partition coefficient (Wildman–Crippen LogP) is 4.41. The first kappa shape index (κ1) is 21.6. The molecule has 2 N–H and O–H groups in total. The van der Waals surface area contributed by atoms with Gasteiger partial charge in [0, 0.05) is 4.90 Å². The Morgan fingerprint density at radius 1 is 0.938 bits per heavy atom. The molecule has 4 amide bonds. The summed E-state index contributed by atoms with van der Waals surface area (Å²) in [6.07, 6.45) is 0.356. The fourth-order valence-corrected chi connectivity index (χ4v) is 4.78. The number of benzene rings is 3. The van der Waals surface area contributed by atoms with Gasteiger partial charge in [-0.1, -0.05) is 85.8 Å². The zero-order valence-corrected chi connectivity index (χ0v) is 18.3. The molecule has 0 aliphatic carbocycles. The van der Waals surface area contributed by atoms with Crippen LogP contribution in [0.1, 0.15) is 29.7 Å². The normalized spacial score (nSPS) is 18.8. The van der Waals surface area contributed by atoms with Crippen LogP contribution in [0.15, 0.2) is 95.9 Å². The van der Waals surface area contributed by atoms with E-state index in [-0.39, 0.29) is 0 Å². The topological polar surface area (TPSA) is 78.5 Å². The molecule has 6 nitrogen and oxygen atoms in total. The van der Waals surface area contributed by atoms with Crippen LogP contribution in [-0.2, 0) is 15.1 Å². The Hall–Kier alpha value is -3.58. The van der Waals surface area contributed by atoms with Crippen LogP contribution in [0.5, 0.6) is 0 Å². The van der Waals surface area contributed by atoms with E-state index >= 15 is 0 Å². The number of hydrazine groups is 1. The molecule has 1 heterocycles. The van der Waals surface area contributed by atoms with Crippen molar-refractivity contribution in [1.29, 1.82) is 0 Å². The van der Waals surface area contributed by atoms with Crippen molar-refractivity contribution < 1.29 is 14.4 Å². The Morgan fingerprint density at radius 2 is 1.50 bits per heavy atom. The van der Waals surface area contributed by atoms with E-state index < -0.39 is 28.6 Å². The SMILES string of the molecule is CC[C@@]1(c2ccccc2)NC(=O)N(NC(=O)[C@@H](Sc2ccccc2)c2ccccc2)C1=O. The molecule has 32 heavy (non-hydrogen) atoms. The Morgan fingerprint density at radius 3 is 2.09 bits per heavy atom. The molecule has 4 rings (SSSR count). The summed E-state index contributed by atoms with van der Waals surface area (Å²) in [6, 6.07) is 27.2. The van der Waals surface area contributed by atoms with Crippen molar-refractivity contribution in [3.05, 3.63) is 102 Å². The second-order valence-electron chi connectivity index (χ2n) is 7.39. The molecule has 1 fully saturated rings. The molecule has 0 unspecified atom stereocenters. The van der Waals surface area contributed by atoms with Gasteiger partial charge in [0.1, 0.15) is 10.8 Å². The van der Waals surface area contributed by atoms with Crippen molar-refractivity contribution in [1.82, 2.24) is 15.8 Å². The Balaban J connectivity index is 1.60. The lowest BCUT2D eigenvalue weighted by Crippen LogP contribution is -2.49. The maximum absolute atomic E-state index is 13.3. The molecule has 2 atom stereocenters. The lowest BCUT2D eigenvalue weighted by atomic mass is 9.87. The van der Waals surface area contributed by atoms with E-state index in [1.165, 1.54) is 11.8 Å². The third-order valence-corrected chi connectivity index (χ3v) is 6.71. The number of nitrogens with zero attached hydrogens (tertiary/aromatic N) is 1. The van der Waals surface area contributed by atoms with Crippen molar-refractivity contribution in [3.63, 3.8) is 0 Å². The van der Waals surface area contributed by atoms with E-state index in [1.54, 1.807) is 12.1 Å². The zero-order chi connectivity index (χ0) is 22.6. The smallest absolute Gasteiger partial charge is 0.318 e. The molecule has 3 aromatic carbocycles. The van der Waals surface area contributed by atoms with Crippen molar-refractivity contribution in [2.24, 2.45) is 0 Å². The summed E-state index contributed by atoms with van der Waals surface area (Å²) in [7, 11) is 0. The van der Waals surface area contributed by atoms with Gasteiger partial charge >= 0.3 is 6.03 Å². The summed E-state index contributed by atoms with van der Waals surface area (Å²) in [5.41, 5.74) is 2.81. The van der Waals surface area contributed by atoms with Crippen LogP contribution in [0, 0.1) is 0 Å². The monoisotopic (exact) mass is 445 g/mol. The van der Waals surface area contributed by atoms with Crippen LogP contribution in [0.4, 0.5) is 4.79 Å². The number of urea groups is 1. The standard InChI is InChI=1S/C25H23N3O3S/c1-2-25(19-14-8-4-9-15-19)23(30)28(24(31)26-25)27-22(29)21(18-12-6-3-7-13-18)32-20-16-10-5-11-17-20/h3-17,21H,2H2,1H3,(H,26,31)(H,27,29)/t21-,25-/m0/s1. The molecule has 0 spiro atoms. The summed E-state index contributed by atoms with van der Waals surface area (Å²) in [5, 5.41) is 2.94. The number of hydrogen-bond acceptors (Lipinski definition) is 4. The number of nitrogens with one attached hydrogen (secondary N) is 2. The summed E-state index contributed by atoms with van der Waals surface area (Å²) >= 11 is 1.36. The van der Waals surface area contributed by atoms with Gasteiger partial charge < -0.3 is 5.32 Å². The number of hydrogen-bond donors (Lipinski definition) is 2. The number of rotatable bonds is 7. The van der Waals surface area contributed by atoms with Gasteiger partial charge in [-0.15, -0.1) is 11.8 Å². The Labute approximate surface area is 191 Å². The average molecular weight is 446 g/mol. The molecule has 0 radical (unpaired) electrons. The first-order valence-corrected chi connectivity index (χ1v) is 11.2. The minimum atomic E-state index is -1.21. The van der Waals surface area contributed by atoms with Gasteiger partial charge in [0.25, 0.3) is 11.8 Å². The van der Waals surface area contributed by atoms with E-state index in [1.807, 2.05) is 85.8 Å². The second kappa shape index (κ2) is 9.28. The molecule has 162 valence electrons. The van der Waals surface area contributed by atoms with Gasteiger partial charge in [-0.05, 0) is 29.7 Å². The summed E-state index contributed by atoms with van der Waals surface area (Å²) in [6.45, 7) is 1.83. The number of amides is 4. The molecule has 0 bridgehead atoms. The van der Waals surface area contributed by atoms with E-state index in [0.717, 1.165) is 15.5 Å². The molecule has 3 aromatic rings. The minimum absolute atomic E-state index is 0.356. The van der Waals surface area contributed by atoms with Gasteiger partial charge in [-0.2, -0.15) is 5.01 Å². The summed E-state index contributed by atoms with van der Waals surface area (Å²) in [4.78, 5) is 40.3. The van der Waals surface area contributed by atoms with Crippen LogP contribution >= 0.6 is 11.8 Å². The quantitative estimate of drug-likeness (QED) is 0.417. The van der Waals surface area contributed by atoms with Crippen molar-refractivity contribution in [2.45, 2.75) is 29.0 Å². The van der Waals surface area contributed by atoms with Crippen LogP contribution < -0.4 is 10.7 Å². The average Bonchev–Trinajstić information content (AvgIpc) is 3.09. The van der Waals surface area contributed by atoms with Crippen LogP contribution in [0.2, 0.25) is 0 Å². The van der Waals surface area contributed by atoms with E-state index in [2.05, 4.69) is 10.7 Å². The molecule has 0 saturated carbocycles. The van der Waals surface area contributed by atoms with Crippen molar-refractivity contribution in [2.75, 3.05) is 0 Å². The third kappa shape index (κ3) is 4.11. The molecule has 0 aromatic heterocycles. The summed E-state index contributed by atoms with van der Waals surface area (Å²) in [5.74, 6) is -0.949. The molecule has 1 aliphatic heterocycles. The van der Waals surface area contributed by atoms with Gasteiger partial charge in [-0.3, -0.25) is 15.0 Å². The number of imide groups is 1. The van der Waals surface area contributed by atoms with Crippen LogP contribution in [0.3, 0.4) is 0 Å². The van der Waals surface area contributed by atoms with Gasteiger partial charge in [-0.25, -0.2) is 4.79 Å². The Kier molecular flexibility index (Phi) is 6.28. The maximum Gasteiger partial charge on any atom is 0.344 e. The number of carbonyl (C=O) groups is 3. The van der Waals surface area contributed by atoms with Gasteiger partial charge in [0.2, 0.25) is 0 Å². The molecule has 1 saturated heterocycles. The third-order valence-electron chi connectivity index (χ3n) is 5.45. The minimum Gasteiger partial charge on any atom is -0.318 e. The number of thioether (sulfide) groups is 1. The maximum atomic E-state index is 13.3. The predicted molar refractivity (Wildman–Crippen MR) is 123 cm³/mol. The van der Waals surface area contributed by atoms with Crippen molar-refractivity contribution in [3.8, 4) is 0 Å². The lowest BCUT2D eigenvalue weighted by molar-refractivity contribution is -0.139. The highest BCUT2D eigenvalue weighted by Crippen LogP contribution is 2.36. The molecular formula is C25H23N3O3S. The highest BCUT2D eigenvalue weighted by atomic mass is 32.2. The van der Waals surface area contributed by atoms with Gasteiger partial charge in [0.15, 0.2) is 0 Å². The fraction of sp³-hybridized carbons (Fsp3) is 0.160. The summed E-state index contributed by atoms with van der Waals surface area (Å²) < 4.78 is 0. The van der Waals surface area contributed by atoms with E-state index in [0.29, 0.717) is 12.0 Å². The highest BCUT2D eigenvalue weighted by Gasteiger charge is 2.52. The van der Waals surface area contributed by atoms with Crippen LogP contribution in [-0.4, -0.2) is 22.9 Å². The first-order valence-electron chi connectivity index (χ1n) is 10.3. The molecule has 1 aliphatic rings. The highest BCUT2D eigenvalue weighted by molar-refractivity contribution is 8.00. The lowest BCUT2D eigenvalue weighted by Gasteiger charge is -2.26. The second-order valence-corrected chi connectivity index (χ2v) is 8.57. The van der Waals surface area contributed by atoms with E-state index in [4.69, 9.17) is 0 Å². The van der Waals surface area contributed by atoms with Crippen LogP contribution in [0.25, 0.3) is 0 Å². The number of carbonyl (C=O) groups excluding carboxylic acids is 3. The fourth-order valence-electron chi connectivity index (χ4n) is 3.74. The molecule has 7 heteroatoms. The first-order chi connectivity index (χ1) is 15.5. The van der Waals surface area contributed by atoms with E-state index in [9.17, 15) is 14.4 Å². The largest absolute Gasteiger partial charge is 0.344 e. The zero-order valence-electron chi connectivity index (χ0n) is 17.5. The Bertz CT molecular complexity index is 1110. The van der Waals surface area contributed by atoms with Crippen molar-refractivity contribution >= 4 is 29.6 Å².